The second-order valence-corrected chi connectivity index (χ2v) is 3.92. The molecule has 3 N–H and O–H groups in total. The molecule has 1 rings (SSSR count). The standard InChI is InChI=1S/C11H14ClNO4/c1-17-6-8(14)5-13-10-4-7(12)2-3-9(10)11(15)16/h2-4,8,13-14H,5-6H2,1H3,(H,15,16). The van der Waals surface area contributed by atoms with E-state index in [1.807, 2.05) is 0 Å². The Labute approximate surface area is 104 Å². The number of anilines is 1. The van der Waals surface area contributed by atoms with Gasteiger partial charge in [0.25, 0.3) is 0 Å². The van der Waals surface area contributed by atoms with Crippen LogP contribution in [-0.2, 0) is 4.74 Å². The molecule has 6 heteroatoms. The molecular formula is C11H14ClNO4. The number of ether oxygens (including phenoxy) is 1. The summed E-state index contributed by atoms with van der Waals surface area (Å²) in [5, 5.41) is 21.7. The number of hydrogen-bond donors (Lipinski definition) is 3. The number of aromatic carboxylic acids is 1. The number of rotatable bonds is 6. The highest BCUT2D eigenvalue weighted by molar-refractivity contribution is 6.31. The molecule has 0 bridgehead atoms. The third-order valence-electron chi connectivity index (χ3n) is 2.10. The van der Waals surface area contributed by atoms with Gasteiger partial charge in [0, 0.05) is 18.7 Å². The number of carbonyl (C=O) groups is 1. The van der Waals surface area contributed by atoms with Gasteiger partial charge >= 0.3 is 5.97 Å². The third-order valence-corrected chi connectivity index (χ3v) is 2.33. The molecule has 1 atom stereocenters. The molecule has 0 radical (unpaired) electrons. The molecule has 0 saturated heterocycles. The van der Waals surface area contributed by atoms with Crippen LogP contribution >= 0.6 is 11.6 Å². The van der Waals surface area contributed by atoms with Gasteiger partial charge in [-0.3, -0.25) is 0 Å². The zero-order valence-electron chi connectivity index (χ0n) is 9.31. The highest BCUT2D eigenvalue weighted by Crippen LogP contribution is 2.21. The number of methoxy groups -OCH3 is 1. The molecule has 0 heterocycles. The third kappa shape index (κ3) is 4.22. The maximum absolute atomic E-state index is 10.9. The van der Waals surface area contributed by atoms with E-state index in [9.17, 15) is 9.90 Å². The van der Waals surface area contributed by atoms with Gasteiger partial charge < -0.3 is 20.3 Å². The Morgan fingerprint density at radius 2 is 2.29 bits per heavy atom. The highest BCUT2D eigenvalue weighted by Gasteiger charge is 2.11. The average Bonchev–Trinajstić information content (AvgIpc) is 2.26. The maximum atomic E-state index is 10.9. The van der Waals surface area contributed by atoms with Crippen LogP contribution in [-0.4, -0.2) is 42.5 Å². The van der Waals surface area contributed by atoms with Crippen LogP contribution in [0.3, 0.4) is 0 Å². The molecule has 0 aliphatic rings. The number of aliphatic hydroxyl groups is 1. The Bertz CT molecular complexity index is 397. The van der Waals surface area contributed by atoms with Gasteiger partial charge in [-0.25, -0.2) is 4.79 Å². The molecule has 1 aromatic rings. The number of benzene rings is 1. The molecule has 0 amide bonds. The van der Waals surface area contributed by atoms with E-state index in [-0.39, 0.29) is 18.7 Å². The molecule has 17 heavy (non-hydrogen) atoms. The Morgan fingerprint density at radius 1 is 1.59 bits per heavy atom. The summed E-state index contributed by atoms with van der Waals surface area (Å²) in [6, 6.07) is 4.42. The van der Waals surface area contributed by atoms with Crippen molar-refractivity contribution < 1.29 is 19.7 Å². The van der Waals surface area contributed by atoms with Gasteiger partial charge in [-0.05, 0) is 18.2 Å². The molecule has 0 aliphatic carbocycles. The Hall–Kier alpha value is -1.30. The van der Waals surface area contributed by atoms with Gasteiger partial charge in [-0.15, -0.1) is 0 Å². The van der Waals surface area contributed by atoms with Gasteiger partial charge in [0.15, 0.2) is 0 Å². The maximum Gasteiger partial charge on any atom is 0.337 e. The van der Waals surface area contributed by atoms with Gasteiger partial charge in [0.1, 0.15) is 0 Å². The Kier molecular flexibility index (Phi) is 5.21. The van der Waals surface area contributed by atoms with Crippen molar-refractivity contribution in [1.82, 2.24) is 0 Å². The first-order chi connectivity index (χ1) is 8.04. The summed E-state index contributed by atoms with van der Waals surface area (Å²) in [6.45, 7) is 0.366. The molecule has 0 aromatic heterocycles. The van der Waals surface area contributed by atoms with E-state index in [0.29, 0.717) is 10.7 Å². The lowest BCUT2D eigenvalue weighted by Gasteiger charge is -2.13. The predicted octanol–water partition coefficient (Wildman–Crippen LogP) is 1.46. The fourth-order valence-electron chi connectivity index (χ4n) is 1.33. The Balaban J connectivity index is 2.75. The van der Waals surface area contributed by atoms with Crippen LogP contribution in [0.15, 0.2) is 18.2 Å². The quantitative estimate of drug-likeness (QED) is 0.721. The molecule has 0 saturated carbocycles. The minimum absolute atomic E-state index is 0.110. The van der Waals surface area contributed by atoms with E-state index in [0.717, 1.165) is 0 Å². The second kappa shape index (κ2) is 6.44. The number of aliphatic hydroxyl groups excluding tert-OH is 1. The largest absolute Gasteiger partial charge is 0.478 e. The summed E-state index contributed by atoms with van der Waals surface area (Å²) in [4.78, 5) is 10.9. The van der Waals surface area contributed by atoms with Crippen molar-refractivity contribution in [3.05, 3.63) is 28.8 Å². The lowest BCUT2D eigenvalue weighted by atomic mass is 10.1. The predicted molar refractivity (Wildman–Crippen MR) is 64.8 cm³/mol. The summed E-state index contributed by atoms with van der Waals surface area (Å²) < 4.78 is 4.76. The summed E-state index contributed by atoms with van der Waals surface area (Å²) in [5.41, 5.74) is 0.485. The summed E-state index contributed by atoms with van der Waals surface area (Å²) >= 11 is 5.78. The zero-order valence-corrected chi connectivity index (χ0v) is 10.1. The first kappa shape index (κ1) is 13.8. The number of carboxylic acid groups (broad SMARTS) is 1. The normalized spacial score (nSPS) is 12.2. The van der Waals surface area contributed by atoms with Crippen LogP contribution in [0.1, 0.15) is 10.4 Å². The van der Waals surface area contributed by atoms with E-state index in [2.05, 4.69) is 5.32 Å². The molecule has 0 aliphatic heterocycles. The van der Waals surface area contributed by atoms with Crippen molar-refractivity contribution in [2.45, 2.75) is 6.10 Å². The summed E-state index contributed by atoms with van der Waals surface area (Å²) in [5.74, 6) is -1.05. The second-order valence-electron chi connectivity index (χ2n) is 3.49. The lowest BCUT2D eigenvalue weighted by molar-refractivity contribution is 0.0693. The molecular weight excluding hydrogens is 246 g/mol. The van der Waals surface area contributed by atoms with Crippen molar-refractivity contribution >= 4 is 23.3 Å². The molecule has 1 aromatic carbocycles. The minimum atomic E-state index is -1.05. The number of carboxylic acids is 1. The topological polar surface area (TPSA) is 78.8 Å². The van der Waals surface area contributed by atoms with E-state index < -0.39 is 12.1 Å². The fraction of sp³-hybridized carbons (Fsp3) is 0.364. The summed E-state index contributed by atoms with van der Waals surface area (Å²) in [7, 11) is 1.48. The molecule has 94 valence electrons. The van der Waals surface area contributed by atoms with E-state index >= 15 is 0 Å². The SMILES string of the molecule is COCC(O)CNc1cc(Cl)ccc1C(=O)O. The summed E-state index contributed by atoms with van der Waals surface area (Å²) in [6.07, 6.45) is -0.708. The van der Waals surface area contributed by atoms with Crippen molar-refractivity contribution in [3.8, 4) is 0 Å². The van der Waals surface area contributed by atoms with Crippen LogP contribution in [0.25, 0.3) is 0 Å². The van der Waals surface area contributed by atoms with Crippen molar-refractivity contribution in [3.63, 3.8) is 0 Å². The minimum Gasteiger partial charge on any atom is -0.478 e. The van der Waals surface area contributed by atoms with Crippen LogP contribution < -0.4 is 5.32 Å². The molecule has 1 unspecified atom stereocenters. The van der Waals surface area contributed by atoms with Crippen molar-refractivity contribution in [2.24, 2.45) is 0 Å². The molecule has 5 nitrogen and oxygen atoms in total. The Morgan fingerprint density at radius 3 is 2.88 bits per heavy atom. The van der Waals surface area contributed by atoms with Crippen molar-refractivity contribution in [2.75, 3.05) is 25.6 Å². The highest BCUT2D eigenvalue weighted by atomic mass is 35.5. The number of halogens is 1. The monoisotopic (exact) mass is 259 g/mol. The van der Waals surface area contributed by atoms with Crippen LogP contribution in [0.2, 0.25) is 5.02 Å². The van der Waals surface area contributed by atoms with Crippen molar-refractivity contribution in [1.29, 1.82) is 0 Å². The van der Waals surface area contributed by atoms with E-state index in [1.54, 1.807) is 0 Å². The van der Waals surface area contributed by atoms with E-state index in [1.165, 1.54) is 25.3 Å². The molecule has 0 spiro atoms. The average molecular weight is 260 g/mol. The van der Waals surface area contributed by atoms with Gasteiger partial charge in [-0.1, -0.05) is 11.6 Å². The van der Waals surface area contributed by atoms with Gasteiger partial charge in [-0.2, -0.15) is 0 Å². The van der Waals surface area contributed by atoms with Crippen LogP contribution in [0.4, 0.5) is 5.69 Å². The fourth-order valence-corrected chi connectivity index (χ4v) is 1.50. The van der Waals surface area contributed by atoms with Crippen LogP contribution in [0, 0.1) is 0 Å². The molecule has 0 fully saturated rings. The van der Waals surface area contributed by atoms with E-state index in [4.69, 9.17) is 21.4 Å². The number of nitrogens with one attached hydrogen (secondary N) is 1. The first-order valence-electron chi connectivity index (χ1n) is 4.98. The zero-order chi connectivity index (χ0) is 12.8. The van der Waals surface area contributed by atoms with Gasteiger partial charge in [0.05, 0.1) is 24.0 Å². The lowest BCUT2D eigenvalue weighted by Crippen LogP contribution is -2.24. The van der Waals surface area contributed by atoms with Gasteiger partial charge in [0.2, 0.25) is 0 Å². The smallest absolute Gasteiger partial charge is 0.337 e. The van der Waals surface area contributed by atoms with Crippen LogP contribution in [0.5, 0.6) is 0 Å². The number of hydrogen-bond acceptors (Lipinski definition) is 4. The first-order valence-corrected chi connectivity index (χ1v) is 5.36.